The van der Waals surface area contributed by atoms with Crippen molar-refractivity contribution in [2.45, 2.75) is 70.6 Å². The number of hydrogen-bond acceptors (Lipinski definition) is 5. The smallest absolute Gasteiger partial charge is 0.302 e. The van der Waals surface area contributed by atoms with Crippen LogP contribution in [0.1, 0.15) is 57.1 Å². The molecule has 32 heavy (non-hydrogen) atoms. The molecule has 1 aliphatic carbocycles. The van der Waals surface area contributed by atoms with Gasteiger partial charge in [-0.3, -0.25) is 14.5 Å². The van der Waals surface area contributed by atoms with Crippen molar-refractivity contribution in [1.29, 1.82) is 0 Å². The largest absolute Gasteiger partial charge is 0.469 e. The molecule has 1 saturated carbocycles. The van der Waals surface area contributed by atoms with Crippen LogP contribution in [-0.4, -0.2) is 66.3 Å². The zero-order valence-electron chi connectivity index (χ0n) is 20.0. The number of aryl methyl sites for hydroxylation is 1. The average Bonchev–Trinajstić information content (AvgIpc) is 3.00. The highest BCUT2D eigenvalue weighted by Gasteiger charge is 2.31. The number of benzene rings is 1. The number of esters is 1. The van der Waals surface area contributed by atoms with Gasteiger partial charge in [-0.25, -0.2) is 0 Å². The summed E-state index contributed by atoms with van der Waals surface area (Å²) in [5.74, 6) is 0.700. The minimum atomic E-state index is -0.284. The maximum Gasteiger partial charge on any atom is 0.302 e. The lowest BCUT2D eigenvalue weighted by Gasteiger charge is -2.41. The maximum absolute atomic E-state index is 12.9. The topological polar surface area (TPSA) is 49.9 Å². The predicted octanol–water partition coefficient (Wildman–Crippen LogP) is 4.78. The van der Waals surface area contributed by atoms with Crippen LogP contribution < -0.4 is 0 Å². The fraction of sp³-hybridized carbons (Fsp3) is 0.680. The van der Waals surface area contributed by atoms with Gasteiger partial charge in [-0.1, -0.05) is 43.9 Å². The second kappa shape index (κ2) is 13.5. The van der Waals surface area contributed by atoms with E-state index >= 15 is 0 Å². The summed E-state index contributed by atoms with van der Waals surface area (Å²) in [7, 11) is 1.35. The lowest BCUT2D eigenvalue weighted by molar-refractivity contribution is -0.138. The molecule has 7 heteroatoms. The molecule has 180 valence electrons. The van der Waals surface area contributed by atoms with Gasteiger partial charge in [-0.05, 0) is 55.4 Å². The molecule has 1 aliphatic heterocycles. The van der Waals surface area contributed by atoms with E-state index in [0.29, 0.717) is 12.5 Å². The Balaban J connectivity index is 0.000000654. The van der Waals surface area contributed by atoms with Gasteiger partial charge in [0.25, 0.3) is 0 Å². The summed E-state index contributed by atoms with van der Waals surface area (Å²) in [5.41, 5.74) is 2.28. The molecule has 1 amide bonds. The molecule has 1 saturated heterocycles. The van der Waals surface area contributed by atoms with Gasteiger partial charge in [0.2, 0.25) is 5.91 Å². The maximum atomic E-state index is 12.9. The molecule has 0 N–H and O–H groups in total. The van der Waals surface area contributed by atoms with E-state index in [1.54, 1.807) is 0 Å². The minimum Gasteiger partial charge on any atom is -0.469 e. The van der Waals surface area contributed by atoms with E-state index in [-0.39, 0.29) is 17.1 Å². The first kappa shape index (κ1) is 27.0. The van der Waals surface area contributed by atoms with Gasteiger partial charge in [-0.2, -0.15) is 12.6 Å². The summed E-state index contributed by atoms with van der Waals surface area (Å²) in [6, 6.07) is 6.56. The predicted molar refractivity (Wildman–Crippen MR) is 135 cm³/mol. The molecule has 2 aliphatic rings. The lowest BCUT2D eigenvalue weighted by atomic mass is 9.95. The first-order chi connectivity index (χ1) is 15.2. The third-order valence-corrected chi connectivity index (χ3v) is 7.34. The number of thiol groups is 1. The van der Waals surface area contributed by atoms with Crippen molar-refractivity contribution >= 4 is 36.1 Å². The number of carbonyl (C=O) groups excluding carboxylic acids is 2. The van der Waals surface area contributed by atoms with E-state index < -0.39 is 0 Å². The fourth-order valence-electron chi connectivity index (χ4n) is 4.68. The summed E-state index contributed by atoms with van der Waals surface area (Å²) < 4.78 is 4.11. The van der Waals surface area contributed by atoms with Crippen LogP contribution in [0.2, 0.25) is 5.02 Å². The third kappa shape index (κ3) is 8.27. The Morgan fingerprint density at radius 3 is 2.38 bits per heavy atom. The van der Waals surface area contributed by atoms with Crippen LogP contribution in [0.3, 0.4) is 0 Å². The number of carbonyl (C=O) groups is 2. The second-order valence-electron chi connectivity index (χ2n) is 9.03. The van der Waals surface area contributed by atoms with E-state index in [1.807, 2.05) is 30.0 Å². The first-order valence-electron chi connectivity index (χ1n) is 11.7. The Morgan fingerprint density at radius 1 is 1.16 bits per heavy atom. The molecule has 0 bridgehead atoms. The standard InChI is InChI=1S/C22H33ClN2OS.C3H6O2/c1-16-6-4-3-5-7-20(16)24-10-12-25(13-11-24)22(26)21(27)15-18-8-9-19(23)14-17(18)2;1-3(4)5-2/h8-9,14,16,20-21,27H,3-7,10-13,15H2,1-2H3;1-2H3. The van der Waals surface area contributed by atoms with Crippen molar-refractivity contribution < 1.29 is 14.3 Å². The van der Waals surface area contributed by atoms with Crippen LogP contribution in [-0.2, 0) is 20.7 Å². The van der Waals surface area contributed by atoms with E-state index in [9.17, 15) is 9.59 Å². The van der Waals surface area contributed by atoms with Crippen LogP contribution in [0.15, 0.2) is 18.2 Å². The molecule has 3 atom stereocenters. The highest BCUT2D eigenvalue weighted by molar-refractivity contribution is 7.81. The molecule has 3 rings (SSSR count). The van der Waals surface area contributed by atoms with Gasteiger partial charge in [0.05, 0.1) is 12.4 Å². The molecule has 2 fully saturated rings. The fourth-order valence-corrected chi connectivity index (χ4v) is 5.27. The van der Waals surface area contributed by atoms with Crippen molar-refractivity contribution in [2.24, 2.45) is 5.92 Å². The van der Waals surface area contributed by atoms with Gasteiger partial charge in [-0.15, -0.1) is 0 Å². The molecule has 1 aromatic rings. The van der Waals surface area contributed by atoms with Crippen LogP contribution in [0.25, 0.3) is 0 Å². The Bertz CT molecular complexity index is 753. The number of nitrogens with zero attached hydrogens (tertiary/aromatic N) is 2. The van der Waals surface area contributed by atoms with E-state index in [4.69, 9.17) is 11.6 Å². The van der Waals surface area contributed by atoms with Crippen molar-refractivity contribution in [3.63, 3.8) is 0 Å². The van der Waals surface area contributed by atoms with E-state index in [0.717, 1.165) is 48.2 Å². The van der Waals surface area contributed by atoms with Gasteiger partial charge in [0, 0.05) is 44.2 Å². The van der Waals surface area contributed by atoms with Crippen LogP contribution >= 0.6 is 24.2 Å². The minimum absolute atomic E-state index is 0.168. The quantitative estimate of drug-likeness (QED) is 0.381. The molecule has 5 nitrogen and oxygen atoms in total. The molecule has 1 aromatic carbocycles. The average molecular weight is 483 g/mol. The number of hydrogen-bond donors (Lipinski definition) is 1. The second-order valence-corrected chi connectivity index (χ2v) is 10.1. The highest BCUT2D eigenvalue weighted by Crippen LogP contribution is 2.28. The Hall–Kier alpha value is -1.24. The number of rotatable bonds is 4. The molecule has 0 radical (unpaired) electrons. The number of methoxy groups -OCH3 is 1. The monoisotopic (exact) mass is 482 g/mol. The number of piperazine rings is 1. The Labute approximate surface area is 204 Å². The summed E-state index contributed by atoms with van der Waals surface area (Å²) >= 11 is 10.7. The molecule has 0 spiro atoms. The summed E-state index contributed by atoms with van der Waals surface area (Å²) in [5, 5.41) is 0.454. The molecular formula is C25H39ClN2O3S. The lowest BCUT2D eigenvalue weighted by Crippen LogP contribution is -2.54. The first-order valence-corrected chi connectivity index (χ1v) is 12.6. The third-order valence-electron chi connectivity index (χ3n) is 6.70. The van der Waals surface area contributed by atoms with E-state index in [1.165, 1.54) is 46.1 Å². The molecule has 3 unspecified atom stereocenters. The summed E-state index contributed by atoms with van der Waals surface area (Å²) in [6.45, 7) is 9.48. The zero-order valence-corrected chi connectivity index (χ0v) is 21.6. The summed E-state index contributed by atoms with van der Waals surface area (Å²) in [6.07, 6.45) is 7.44. The Kier molecular flexibility index (Phi) is 11.4. The van der Waals surface area contributed by atoms with Crippen molar-refractivity contribution in [3.8, 4) is 0 Å². The zero-order chi connectivity index (χ0) is 23.7. The normalized spacial score (nSPS) is 22.9. The van der Waals surface area contributed by atoms with E-state index in [2.05, 4.69) is 29.2 Å². The molecular weight excluding hydrogens is 444 g/mol. The number of ether oxygens (including phenoxy) is 1. The van der Waals surface area contributed by atoms with Crippen molar-refractivity contribution in [1.82, 2.24) is 9.80 Å². The van der Waals surface area contributed by atoms with Gasteiger partial charge < -0.3 is 9.64 Å². The van der Waals surface area contributed by atoms with Crippen LogP contribution in [0.5, 0.6) is 0 Å². The summed E-state index contributed by atoms with van der Waals surface area (Å²) in [4.78, 5) is 27.1. The van der Waals surface area contributed by atoms with Gasteiger partial charge >= 0.3 is 5.97 Å². The van der Waals surface area contributed by atoms with Gasteiger partial charge in [0.1, 0.15) is 0 Å². The van der Waals surface area contributed by atoms with Crippen LogP contribution in [0, 0.1) is 12.8 Å². The molecule has 1 heterocycles. The van der Waals surface area contributed by atoms with Crippen LogP contribution in [0.4, 0.5) is 0 Å². The van der Waals surface area contributed by atoms with Crippen molar-refractivity contribution in [3.05, 3.63) is 34.3 Å². The SMILES string of the molecule is COC(C)=O.Cc1cc(Cl)ccc1CC(S)C(=O)N1CCN(C2CCCCCC2C)CC1. The van der Waals surface area contributed by atoms with Gasteiger partial charge in [0.15, 0.2) is 0 Å². The highest BCUT2D eigenvalue weighted by atomic mass is 35.5. The number of amides is 1. The van der Waals surface area contributed by atoms with Crippen molar-refractivity contribution in [2.75, 3.05) is 33.3 Å². The Morgan fingerprint density at radius 2 is 1.78 bits per heavy atom. The molecule has 0 aromatic heterocycles. The number of halogens is 1.